The molecule has 5 rings (SSSR count). The molecule has 0 heterocycles. The highest BCUT2D eigenvalue weighted by atomic mass is 32.2. The van der Waals surface area contributed by atoms with Gasteiger partial charge in [-0.2, -0.15) is 8.42 Å². The van der Waals surface area contributed by atoms with E-state index in [1.165, 1.54) is 44.9 Å². The molecule has 0 spiro atoms. The van der Waals surface area contributed by atoms with Crippen LogP contribution in [0.25, 0.3) is 0 Å². The van der Waals surface area contributed by atoms with Crippen molar-refractivity contribution in [3.05, 3.63) is 29.8 Å². The lowest BCUT2D eigenvalue weighted by Gasteiger charge is -2.60. The summed E-state index contributed by atoms with van der Waals surface area (Å²) in [5, 5.41) is 0. The van der Waals surface area contributed by atoms with Gasteiger partial charge in [-0.3, -0.25) is 4.18 Å². The first kappa shape index (κ1) is 21.0. The maximum absolute atomic E-state index is 12.8. The van der Waals surface area contributed by atoms with Gasteiger partial charge in [0.05, 0.1) is 11.0 Å². The minimum Gasteiger partial charge on any atom is -0.263 e. The second kappa shape index (κ2) is 7.33. The first-order chi connectivity index (χ1) is 14.2. The number of fused-ring (bicyclic) bond motifs is 5. The van der Waals surface area contributed by atoms with Crippen LogP contribution in [0, 0.1) is 41.4 Å². The first-order valence-corrected chi connectivity index (χ1v) is 13.6. The Morgan fingerprint density at radius 3 is 2.43 bits per heavy atom. The Bertz CT molecular complexity index is 891. The van der Waals surface area contributed by atoms with Crippen LogP contribution in [0.1, 0.15) is 83.6 Å². The zero-order valence-electron chi connectivity index (χ0n) is 18.9. The highest BCUT2D eigenvalue weighted by molar-refractivity contribution is 7.86. The summed E-state index contributed by atoms with van der Waals surface area (Å²) in [6.07, 6.45) is 12.5. The van der Waals surface area contributed by atoms with Crippen molar-refractivity contribution in [1.82, 2.24) is 0 Å². The third-order valence-electron chi connectivity index (χ3n) is 9.97. The van der Waals surface area contributed by atoms with Crippen LogP contribution in [0.3, 0.4) is 0 Å². The highest BCUT2D eigenvalue weighted by Gasteiger charge is 2.58. The van der Waals surface area contributed by atoms with Crippen molar-refractivity contribution >= 4 is 10.1 Å². The van der Waals surface area contributed by atoms with Gasteiger partial charge in [-0.15, -0.1) is 0 Å². The van der Waals surface area contributed by atoms with E-state index in [0.29, 0.717) is 16.7 Å². The standard InChI is InChI=1S/C26H38O3S/c1-18-6-9-21(10-7-18)30(27,28)29-20-12-16-26(3)19(17-20)8-11-22-23-5-4-14-25(23,2)15-13-24(22)26/h6-7,9-10,19-20,22-24H,4-5,8,11-17H2,1-3H3/t19-,20-,22-,23-,24+,25+,26-/m1/s1. The minimum absolute atomic E-state index is 0.161. The summed E-state index contributed by atoms with van der Waals surface area (Å²) in [6, 6.07) is 7.03. The van der Waals surface area contributed by atoms with Crippen LogP contribution in [0.5, 0.6) is 0 Å². The SMILES string of the molecule is Cc1ccc(S(=O)(=O)O[C@@H]2CC[C@]3(C)[C@H](CC[C@@H]4[C@H]5CCC[C@@]5(C)CC[C@@H]43)C2)cc1. The molecule has 0 bridgehead atoms. The number of hydrogen-bond acceptors (Lipinski definition) is 3. The molecule has 30 heavy (non-hydrogen) atoms. The largest absolute Gasteiger partial charge is 0.297 e. The van der Waals surface area contributed by atoms with E-state index in [1.54, 1.807) is 12.1 Å². The van der Waals surface area contributed by atoms with E-state index >= 15 is 0 Å². The van der Waals surface area contributed by atoms with Crippen molar-refractivity contribution in [3.63, 3.8) is 0 Å². The molecule has 1 aromatic rings. The van der Waals surface area contributed by atoms with Crippen LogP contribution < -0.4 is 0 Å². The predicted molar refractivity (Wildman–Crippen MR) is 120 cm³/mol. The van der Waals surface area contributed by atoms with Crippen LogP contribution in [0.2, 0.25) is 0 Å². The van der Waals surface area contributed by atoms with Gasteiger partial charge in [0, 0.05) is 0 Å². The van der Waals surface area contributed by atoms with Gasteiger partial charge in [0.15, 0.2) is 0 Å². The number of benzene rings is 1. The van der Waals surface area contributed by atoms with Crippen LogP contribution >= 0.6 is 0 Å². The molecule has 4 fully saturated rings. The molecule has 3 nitrogen and oxygen atoms in total. The molecule has 0 aliphatic heterocycles. The second-order valence-corrected chi connectivity index (χ2v) is 13.1. The molecule has 166 valence electrons. The average molecular weight is 431 g/mol. The zero-order valence-corrected chi connectivity index (χ0v) is 19.7. The highest BCUT2D eigenvalue weighted by Crippen LogP contribution is 2.66. The number of aryl methyl sites for hydroxylation is 1. The van der Waals surface area contributed by atoms with Crippen molar-refractivity contribution in [1.29, 1.82) is 0 Å². The lowest BCUT2D eigenvalue weighted by Crippen LogP contribution is -2.53. The molecule has 4 aliphatic rings. The molecule has 4 heteroatoms. The van der Waals surface area contributed by atoms with Crippen molar-refractivity contribution in [2.45, 2.75) is 96.0 Å². The molecule has 0 N–H and O–H groups in total. The topological polar surface area (TPSA) is 43.4 Å². The molecule has 0 unspecified atom stereocenters. The summed E-state index contributed by atoms with van der Waals surface area (Å²) in [4.78, 5) is 0.290. The van der Waals surface area contributed by atoms with Gasteiger partial charge in [-0.25, -0.2) is 0 Å². The average Bonchev–Trinajstić information content (AvgIpc) is 3.10. The Balaban J connectivity index is 1.30. The van der Waals surface area contributed by atoms with Crippen LogP contribution in [0.15, 0.2) is 29.2 Å². The van der Waals surface area contributed by atoms with Crippen LogP contribution in [-0.4, -0.2) is 14.5 Å². The molecule has 4 saturated carbocycles. The molecule has 0 aromatic heterocycles. The van der Waals surface area contributed by atoms with Gasteiger partial charge in [0.2, 0.25) is 0 Å². The van der Waals surface area contributed by atoms with Crippen molar-refractivity contribution in [3.8, 4) is 0 Å². The molecular formula is C26H38O3S. The van der Waals surface area contributed by atoms with Gasteiger partial charge < -0.3 is 0 Å². The summed E-state index contributed by atoms with van der Waals surface area (Å²) in [5.41, 5.74) is 2.04. The molecule has 7 atom stereocenters. The summed E-state index contributed by atoms with van der Waals surface area (Å²) >= 11 is 0. The summed E-state index contributed by atoms with van der Waals surface area (Å²) in [5.74, 6) is 3.28. The lowest BCUT2D eigenvalue weighted by atomic mass is 9.45. The fraction of sp³-hybridized carbons (Fsp3) is 0.769. The maximum atomic E-state index is 12.8. The fourth-order valence-electron chi connectivity index (χ4n) is 8.24. The third-order valence-corrected chi connectivity index (χ3v) is 11.3. The molecule has 0 saturated heterocycles. The Morgan fingerprint density at radius 2 is 1.67 bits per heavy atom. The normalized spacial score (nSPS) is 43.5. The molecule has 1 aromatic carbocycles. The monoisotopic (exact) mass is 430 g/mol. The zero-order chi connectivity index (χ0) is 21.1. The van der Waals surface area contributed by atoms with E-state index in [0.717, 1.165) is 42.6 Å². The van der Waals surface area contributed by atoms with Gasteiger partial charge in [-0.05, 0) is 111 Å². The Kier molecular flexibility index (Phi) is 5.13. The molecule has 4 aliphatic carbocycles. The molecular weight excluding hydrogens is 392 g/mol. The summed E-state index contributed by atoms with van der Waals surface area (Å²) < 4.78 is 31.4. The maximum Gasteiger partial charge on any atom is 0.297 e. The quantitative estimate of drug-likeness (QED) is 0.514. The van der Waals surface area contributed by atoms with Gasteiger partial charge in [-0.1, -0.05) is 38.0 Å². The Morgan fingerprint density at radius 1 is 0.900 bits per heavy atom. The summed E-state index contributed by atoms with van der Waals surface area (Å²) in [6.45, 7) is 7.07. The minimum atomic E-state index is -3.68. The summed E-state index contributed by atoms with van der Waals surface area (Å²) in [7, 11) is -3.68. The third kappa shape index (κ3) is 3.37. The van der Waals surface area contributed by atoms with E-state index in [-0.39, 0.29) is 11.0 Å². The Labute approximate surface area is 183 Å². The van der Waals surface area contributed by atoms with E-state index in [9.17, 15) is 8.42 Å². The molecule has 0 radical (unpaired) electrons. The van der Waals surface area contributed by atoms with Crippen molar-refractivity contribution < 1.29 is 12.6 Å². The smallest absolute Gasteiger partial charge is 0.263 e. The number of hydrogen-bond donors (Lipinski definition) is 0. The fourth-order valence-corrected chi connectivity index (χ4v) is 9.35. The molecule has 0 amide bonds. The van der Waals surface area contributed by atoms with Crippen molar-refractivity contribution in [2.75, 3.05) is 0 Å². The predicted octanol–water partition coefficient (Wildman–Crippen LogP) is 6.50. The van der Waals surface area contributed by atoms with Crippen molar-refractivity contribution in [2.24, 2.45) is 34.5 Å². The number of rotatable bonds is 3. The van der Waals surface area contributed by atoms with Crippen LogP contribution in [-0.2, 0) is 14.3 Å². The first-order valence-electron chi connectivity index (χ1n) is 12.2. The van der Waals surface area contributed by atoms with Gasteiger partial charge in [0.1, 0.15) is 0 Å². The van der Waals surface area contributed by atoms with E-state index in [2.05, 4.69) is 13.8 Å². The van der Waals surface area contributed by atoms with E-state index < -0.39 is 10.1 Å². The second-order valence-electron chi connectivity index (χ2n) is 11.5. The van der Waals surface area contributed by atoms with Gasteiger partial charge in [0.25, 0.3) is 10.1 Å². The van der Waals surface area contributed by atoms with E-state index in [1.807, 2.05) is 19.1 Å². The lowest BCUT2D eigenvalue weighted by molar-refractivity contribution is -0.117. The Hall–Kier alpha value is -0.870. The van der Waals surface area contributed by atoms with Gasteiger partial charge >= 0.3 is 0 Å². The van der Waals surface area contributed by atoms with Crippen LogP contribution in [0.4, 0.5) is 0 Å². The van der Waals surface area contributed by atoms with E-state index in [4.69, 9.17) is 4.18 Å².